The van der Waals surface area contributed by atoms with Crippen molar-refractivity contribution < 1.29 is 22.1 Å². The van der Waals surface area contributed by atoms with Gasteiger partial charge in [-0.3, -0.25) is 0 Å². The van der Waals surface area contributed by atoms with Gasteiger partial charge in [-0.15, -0.1) is 0 Å². The first-order valence-corrected chi connectivity index (χ1v) is 4.26. The summed E-state index contributed by atoms with van der Waals surface area (Å²) in [6.07, 6.45) is -3.54. The lowest BCUT2D eigenvalue weighted by Crippen LogP contribution is -2.08. The third-order valence-electron chi connectivity index (χ3n) is 2.01. The Morgan fingerprint density at radius 2 is 1.88 bits per heavy atom. The van der Waals surface area contributed by atoms with E-state index in [1.165, 1.54) is 6.07 Å². The van der Waals surface area contributed by atoms with Crippen LogP contribution >= 0.6 is 0 Å². The van der Waals surface area contributed by atoms with Gasteiger partial charge in [0.2, 0.25) is 0 Å². The van der Waals surface area contributed by atoms with Crippen LogP contribution in [-0.2, 0) is 6.18 Å². The highest BCUT2D eigenvalue weighted by Gasteiger charge is 2.35. The zero-order chi connectivity index (χ0) is 11.8. The Bertz CT molecular complexity index is 490. The summed E-state index contributed by atoms with van der Waals surface area (Å²) in [7, 11) is 0. The van der Waals surface area contributed by atoms with Gasteiger partial charge in [0.05, 0.1) is 11.1 Å². The van der Waals surface area contributed by atoms with Gasteiger partial charge in [0, 0.05) is 6.07 Å². The first-order valence-electron chi connectivity index (χ1n) is 4.26. The number of hydrogen-bond acceptors (Lipinski definition) is 2. The predicted molar refractivity (Wildman–Crippen MR) is 46.9 cm³/mol. The fraction of sp³-hybridized carbons (Fsp3) is 0.100. The molecule has 0 saturated carbocycles. The highest BCUT2D eigenvalue weighted by atomic mass is 19.4. The van der Waals surface area contributed by atoms with Crippen molar-refractivity contribution in [2.75, 3.05) is 0 Å². The molecule has 0 amide bonds. The predicted octanol–water partition coefficient (Wildman–Crippen LogP) is 3.50. The Hall–Kier alpha value is -1.85. The van der Waals surface area contributed by atoms with E-state index in [1.807, 2.05) is 0 Å². The summed E-state index contributed by atoms with van der Waals surface area (Å²) in [6.45, 7) is 0. The van der Waals surface area contributed by atoms with E-state index in [1.54, 1.807) is 0 Å². The van der Waals surface area contributed by atoms with Gasteiger partial charge in [-0.2, -0.15) is 13.2 Å². The fourth-order valence-electron chi connectivity index (χ4n) is 1.36. The number of hydrogen-bond donors (Lipinski definition) is 0. The molecule has 2 nitrogen and oxygen atoms in total. The molecule has 0 saturated heterocycles. The minimum Gasteiger partial charge on any atom is -0.364 e. The molecule has 0 aliphatic carbocycles. The van der Waals surface area contributed by atoms with E-state index in [2.05, 4.69) is 9.68 Å². The summed E-state index contributed by atoms with van der Waals surface area (Å²) in [6, 6.07) is 3.92. The van der Waals surface area contributed by atoms with Crippen molar-refractivity contribution in [2.24, 2.45) is 0 Å². The van der Waals surface area contributed by atoms with Gasteiger partial charge < -0.3 is 4.52 Å². The second-order valence-corrected chi connectivity index (χ2v) is 3.04. The zero-order valence-electron chi connectivity index (χ0n) is 7.75. The van der Waals surface area contributed by atoms with Crippen LogP contribution < -0.4 is 0 Å². The van der Waals surface area contributed by atoms with Crippen molar-refractivity contribution in [3.05, 3.63) is 41.9 Å². The van der Waals surface area contributed by atoms with Gasteiger partial charge in [-0.1, -0.05) is 11.2 Å². The number of alkyl halides is 3. The van der Waals surface area contributed by atoms with Crippen LogP contribution in [0.2, 0.25) is 0 Å². The summed E-state index contributed by atoms with van der Waals surface area (Å²) < 4.78 is 55.6. The van der Waals surface area contributed by atoms with Gasteiger partial charge in [0.1, 0.15) is 17.8 Å². The Balaban J connectivity index is 2.68. The molecule has 0 spiro atoms. The first-order chi connectivity index (χ1) is 7.50. The molecule has 6 heteroatoms. The summed E-state index contributed by atoms with van der Waals surface area (Å²) in [5.74, 6) is -0.983. The van der Waals surface area contributed by atoms with Crippen LogP contribution in [0.15, 0.2) is 35.1 Å². The Kier molecular flexibility index (Phi) is 2.41. The monoisotopic (exact) mass is 231 g/mol. The van der Waals surface area contributed by atoms with Crippen molar-refractivity contribution in [3.8, 4) is 11.3 Å². The van der Waals surface area contributed by atoms with Crippen LogP contribution in [0.25, 0.3) is 11.3 Å². The molecule has 1 heterocycles. The molecule has 2 rings (SSSR count). The molecular weight excluding hydrogens is 226 g/mol. The number of benzene rings is 1. The summed E-state index contributed by atoms with van der Waals surface area (Å²) >= 11 is 0. The molecule has 1 aromatic heterocycles. The Morgan fingerprint density at radius 3 is 2.44 bits per heavy atom. The molecule has 16 heavy (non-hydrogen) atoms. The fourth-order valence-corrected chi connectivity index (χ4v) is 1.36. The number of aromatic nitrogens is 1. The summed E-state index contributed by atoms with van der Waals surface area (Å²) in [5.41, 5.74) is -1.84. The van der Waals surface area contributed by atoms with Crippen molar-refractivity contribution >= 4 is 0 Å². The minimum absolute atomic E-state index is 0.176. The van der Waals surface area contributed by atoms with E-state index in [9.17, 15) is 17.6 Å². The lowest BCUT2D eigenvalue weighted by Gasteiger charge is -2.11. The van der Waals surface area contributed by atoms with E-state index >= 15 is 0 Å². The Morgan fingerprint density at radius 1 is 1.12 bits per heavy atom. The van der Waals surface area contributed by atoms with Crippen LogP contribution in [-0.4, -0.2) is 5.16 Å². The molecule has 0 atom stereocenters. The molecule has 0 radical (unpaired) electrons. The second-order valence-electron chi connectivity index (χ2n) is 3.04. The lowest BCUT2D eigenvalue weighted by molar-refractivity contribution is -0.137. The van der Waals surface area contributed by atoms with Gasteiger partial charge >= 0.3 is 6.18 Å². The van der Waals surface area contributed by atoms with Crippen LogP contribution in [0.1, 0.15) is 5.56 Å². The van der Waals surface area contributed by atoms with Crippen molar-refractivity contribution in [1.29, 1.82) is 0 Å². The largest absolute Gasteiger partial charge is 0.417 e. The average molecular weight is 231 g/mol. The van der Waals surface area contributed by atoms with Crippen LogP contribution in [0.4, 0.5) is 17.6 Å². The first kappa shape index (κ1) is 10.7. The normalized spacial score (nSPS) is 11.8. The molecule has 0 aliphatic rings. The maximum Gasteiger partial charge on any atom is 0.417 e. The van der Waals surface area contributed by atoms with Gasteiger partial charge in [0.25, 0.3) is 0 Å². The Labute approximate surface area is 87.5 Å². The van der Waals surface area contributed by atoms with Gasteiger partial charge in [0.15, 0.2) is 0 Å². The maximum absolute atomic E-state index is 13.4. The van der Waals surface area contributed by atoms with E-state index < -0.39 is 23.1 Å². The van der Waals surface area contributed by atoms with Gasteiger partial charge in [-0.25, -0.2) is 4.39 Å². The summed E-state index contributed by atoms with van der Waals surface area (Å²) in [5, 5.41) is 3.31. The lowest BCUT2D eigenvalue weighted by atomic mass is 10.0. The average Bonchev–Trinajstić information content (AvgIpc) is 2.68. The van der Waals surface area contributed by atoms with Crippen LogP contribution in [0.3, 0.4) is 0 Å². The third-order valence-corrected chi connectivity index (χ3v) is 2.01. The highest BCUT2D eigenvalue weighted by Crippen LogP contribution is 2.37. The summed E-state index contributed by atoms with van der Waals surface area (Å²) in [4.78, 5) is 0. The molecule has 1 aromatic carbocycles. The van der Waals surface area contributed by atoms with Crippen molar-refractivity contribution in [3.63, 3.8) is 0 Å². The van der Waals surface area contributed by atoms with Crippen molar-refractivity contribution in [1.82, 2.24) is 5.16 Å². The SMILES string of the molecule is Fc1cccc(C(F)(F)F)c1-c1ccon1. The van der Waals surface area contributed by atoms with Gasteiger partial charge in [-0.05, 0) is 12.1 Å². The highest BCUT2D eigenvalue weighted by molar-refractivity contribution is 5.64. The third kappa shape index (κ3) is 1.78. The quantitative estimate of drug-likeness (QED) is 0.702. The van der Waals surface area contributed by atoms with E-state index in [0.29, 0.717) is 0 Å². The number of nitrogens with zero attached hydrogens (tertiary/aromatic N) is 1. The molecular formula is C10H5F4NO. The molecule has 0 fully saturated rings. The molecule has 0 N–H and O–H groups in total. The molecule has 0 aliphatic heterocycles. The number of rotatable bonds is 1. The second kappa shape index (κ2) is 3.62. The maximum atomic E-state index is 13.4. The van der Waals surface area contributed by atoms with E-state index in [4.69, 9.17) is 0 Å². The van der Waals surface area contributed by atoms with E-state index in [-0.39, 0.29) is 5.69 Å². The van der Waals surface area contributed by atoms with Crippen molar-refractivity contribution in [2.45, 2.75) is 6.18 Å². The number of halogens is 4. The molecule has 0 unspecified atom stereocenters. The molecule has 2 aromatic rings. The molecule has 84 valence electrons. The van der Waals surface area contributed by atoms with Crippen LogP contribution in [0.5, 0.6) is 0 Å². The molecule has 0 bridgehead atoms. The zero-order valence-corrected chi connectivity index (χ0v) is 7.75. The topological polar surface area (TPSA) is 26.0 Å². The van der Waals surface area contributed by atoms with E-state index in [0.717, 1.165) is 24.5 Å². The van der Waals surface area contributed by atoms with Crippen LogP contribution in [0, 0.1) is 5.82 Å². The smallest absolute Gasteiger partial charge is 0.364 e. The standard InChI is InChI=1S/C10H5F4NO/c11-7-3-1-2-6(10(12,13)14)9(7)8-4-5-16-15-8/h1-5H. The minimum atomic E-state index is -4.63.